The molecule has 0 bridgehead atoms. The molecule has 1 atom stereocenters. The van der Waals surface area contributed by atoms with Crippen molar-refractivity contribution in [3.8, 4) is 0 Å². The average molecular weight is 357 g/mol. The van der Waals surface area contributed by atoms with Crippen LogP contribution in [0, 0.1) is 5.82 Å². The predicted octanol–water partition coefficient (Wildman–Crippen LogP) is 1.48. The first-order valence-corrected chi connectivity index (χ1v) is 8.92. The Morgan fingerprint density at radius 1 is 1.19 bits per heavy atom. The smallest absolute Gasteiger partial charge is 0.241 e. The monoisotopic (exact) mass is 357 g/mol. The lowest BCUT2D eigenvalue weighted by molar-refractivity contribution is -0.123. The second-order valence-corrected chi connectivity index (χ2v) is 7.52. The molecular formula is C19H24FN5O. The third kappa shape index (κ3) is 3.12. The Balaban J connectivity index is 1.50. The molecule has 3 heterocycles. The molecule has 7 heteroatoms. The SMILES string of the molecule is CN1CC(=O)N(c2cnn(C)c2)C[C@@]12CCN(Cc1ccc(F)cc1)C2. The van der Waals surface area contributed by atoms with Crippen LogP contribution in [0.4, 0.5) is 10.1 Å². The van der Waals surface area contributed by atoms with Crippen molar-refractivity contribution >= 4 is 11.6 Å². The molecule has 2 saturated heterocycles. The Kier molecular flexibility index (Phi) is 4.28. The molecule has 2 fully saturated rings. The maximum Gasteiger partial charge on any atom is 0.241 e. The molecule has 0 saturated carbocycles. The van der Waals surface area contributed by atoms with Crippen molar-refractivity contribution in [3.05, 3.63) is 48.0 Å². The number of likely N-dealkylation sites (N-methyl/N-ethyl adjacent to an activating group) is 1. The molecule has 0 radical (unpaired) electrons. The van der Waals surface area contributed by atoms with E-state index in [9.17, 15) is 9.18 Å². The van der Waals surface area contributed by atoms with E-state index in [2.05, 4.69) is 14.9 Å². The van der Waals surface area contributed by atoms with Gasteiger partial charge in [0.05, 0.1) is 24.0 Å². The van der Waals surface area contributed by atoms with E-state index in [-0.39, 0.29) is 17.3 Å². The van der Waals surface area contributed by atoms with Gasteiger partial charge in [0.1, 0.15) is 5.82 Å². The van der Waals surface area contributed by atoms with Crippen molar-refractivity contribution in [2.24, 2.45) is 7.05 Å². The zero-order chi connectivity index (χ0) is 18.3. The number of carbonyl (C=O) groups excluding carboxylic acids is 1. The second kappa shape index (κ2) is 6.48. The van der Waals surface area contributed by atoms with Crippen LogP contribution in [0.25, 0.3) is 0 Å². The molecule has 1 aromatic heterocycles. The van der Waals surface area contributed by atoms with Gasteiger partial charge in [-0.15, -0.1) is 0 Å². The van der Waals surface area contributed by atoms with Gasteiger partial charge in [0.2, 0.25) is 5.91 Å². The van der Waals surface area contributed by atoms with Crippen LogP contribution in [0.15, 0.2) is 36.7 Å². The molecule has 0 aliphatic carbocycles. The third-order valence-electron chi connectivity index (χ3n) is 5.67. The number of aryl methyl sites for hydroxylation is 1. The Bertz CT molecular complexity index is 805. The number of aromatic nitrogens is 2. The van der Waals surface area contributed by atoms with E-state index in [1.165, 1.54) is 12.1 Å². The highest BCUT2D eigenvalue weighted by molar-refractivity contribution is 5.95. The van der Waals surface area contributed by atoms with Gasteiger partial charge < -0.3 is 4.90 Å². The highest BCUT2D eigenvalue weighted by Gasteiger charge is 2.47. The van der Waals surface area contributed by atoms with E-state index in [0.29, 0.717) is 13.1 Å². The summed E-state index contributed by atoms with van der Waals surface area (Å²) >= 11 is 0. The van der Waals surface area contributed by atoms with Crippen LogP contribution in [-0.4, -0.2) is 64.3 Å². The average Bonchev–Trinajstić information content (AvgIpc) is 3.21. The number of carbonyl (C=O) groups is 1. The van der Waals surface area contributed by atoms with Crippen molar-refractivity contribution in [1.82, 2.24) is 19.6 Å². The molecule has 4 rings (SSSR count). The van der Waals surface area contributed by atoms with Gasteiger partial charge in [0.25, 0.3) is 0 Å². The Morgan fingerprint density at radius 3 is 2.65 bits per heavy atom. The first kappa shape index (κ1) is 17.2. The largest absolute Gasteiger partial charge is 0.306 e. The van der Waals surface area contributed by atoms with Gasteiger partial charge in [0, 0.05) is 39.4 Å². The number of likely N-dealkylation sites (tertiary alicyclic amines) is 1. The lowest BCUT2D eigenvalue weighted by atomic mass is 9.93. The summed E-state index contributed by atoms with van der Waals surface area (Å²) in [4.78, 5) is 19.0. The van der Waals surface area contributed by atoms with E-state index in [0.717, 1.165) is 37.3 Å². The molecule has 1 spiro atoms. The molecule has 6 nitrogen and oxygen atoms in total. The molecule has 2 aliphatic heterocycles. The highest BCUT2D eigenvalue weighted by Crippen LogP contribution is 2.33. The van der Waals surface area contributed by atoms with E-state index in [1.807, 2.05) is 37.3 Å². The second-order valence-electron chi connectivity index (χ2n) is 7.52. The Hall–Kier alpha value is -2.25. The minimum absolute atomic E-state index is 0.0518. The van der Waals surface area contributed by atoms with Crippen LogP contribution in [0.3, 0.4) is 0 Å². The standard InChI is InChI=1S/C19H24FN5O/c1-22-12-18(26)25(17-9-21-23(2)11-17)14-19(22)7-8-24(13-19)10-15-3-5-16(20)6-4-15/h3-6,9,11H,7-8,10,12-14H2,1-2H3/t19-/m0/s1. The number of hydrogen-bond acceptors (Lipinski definition) is 4. The fraction of sp³-hybridized carbons (Fsp3) is 0.474. The van der Waals surface area contributed by atoms with Crippen molar-refractivity contribution in [1.29, 1.82) is 0 Å². The van der Waals surface area contributed by atoms with E-state index >= 15 is 0 Å². The van der Waals surface area contributed by atoms with Crippen LogP contribution in [-0.2, 0) is 18.4 Å². The van der Waals surface area contributed by atoms with Crippen LogP contribution in [0.1, 0.15) is 12.0 Å². The molecule has 1 aromatic carbocycles. The van der Waals surface area contributed by atoms with Crippen molar-refractivity contribution in [3.63, 3.8) is 0 Å². The lowest BCUT2D eigenvalue weighted by Crippen LogP contribution is -2.64. The number of halogens is 1. The number of amides is 1. The summed E-state index contributed by atoms with van der Waals surface area (Å²) in [5.74, 6) is -0.0904. The molecule has 0 unspecified atom stereocenters. The van der Waals surface area contributed by atoms with Crippen LogP contribution < -0.4 is 4.90 Å². The molecule has 2 aromatic rings. The number of nitrogens with zero attached hydrogens (tertiary/aromatic N) is 5. The van der Waals surface area contributed by atoms with Gasteiger partial charge >= 0.3 is 0 Å². The molecule has 138 valence electrons. The van der Waals surface area contributed by atoms with Crippen molar-refractivity contribution in [2.75, 3.05) is 38.1 Å². The molecule has 2 aliphatic rings. The summed E-state index contributed by atoms with van der Waals surface area (Å²) in [5.41, 5.74) is 1.92. The van der Waals surface area contributed by atoms with Gasteiger partial charge in [-0.3, -0.25) is 19.3 Å². The number of anilines is 1. The number of benzene rings is 1. The Morgan fingerprint density at radius 2 is 1.96 bits per heavy atom. The topological polar surface area (TPSA) is 44.6 Å². The fourth-order valence-corrected chi connectivity index (χ4v) is 4.11. The van der Waals surface area contributed by atoms with Crippen molar-refractivity contribution in [2.45, 2.75) is 18.5 Å². The lowest BCUT2D eigenvalue weighted by Gasteiger charge is -2.46. The molecule has 1 amide bonds. The number of piperazine rings is 1. The summed E-state index contributed by atoms with van der Waals surface area (Å²) in [6, 6.07) is 6.71. The predicted molar refractivity (Wildman–Crippen MR) is 97.2 cm³/mol. The van der Waals surface area contributed by atoms with Gasteiger partial charge in [-0.05, 0) is 31.2 Å². The number of hydrogen-bond donors (Lipinski definition) is 0. The maximum absolute atomic E-state index is 13.1. The summed E-state index contributed by atoms with van der Waals surface area (Å²) in [6.45, 7) is 3.76. The first-order chi connectivity index (χ1) is 12.4. The first-order valence-electron chi connectivity index (χ1n) is 8.92. The van der Waals surface area contributed by atoms with E-state index in [4.69, 9.17) is 0 Å². The highest BCUT2D eigenvalue weighted by atomic mass is 19.1. The quantitative estimate of drug-likeness (QED) is 0.835. The minimum atomic E-state index is -0.204. The minimum Gasteiger partial charge on any atom is -0.306 e. The van der Waals surface area contributed by atoms with E-state index < -0.39 is 0 Å². The summed E-state index contributed by atoms with van der Waals surface area (Å²) in [6.07, 6.45) is 4.65. The van der Waals surface area contributed by atoms with Crippen molar-refractivity contribution < 1.29 is 9.18 Å². The number of rotatable bonds is 3. The summed E-state index contributed by atoms with van der Waals surface area (Å²) < 4.78 is 14.8. The maximum atomic E-state index is 13.1. The van der Waals surface area contributed by atoms with Gasteiger partial charge in [-0.2, -0.15) is 5.10 Å². The van der Waals surface area contributed by atoms with Gasteiger partial charge in [0.15, 0.2) is 0 Å². The Labute approximate surface area is 152 Å². The van der Waals surface area contributed by atoms with Crippen LogP contribution in [0.2, 0.25) is 0 Å². The molecule has 0 N–H and O–H groups in total. The van der Waals surface area contributed by atoms with Gasteiger partial charge in [-0.25, -0.2) is 4.39 Å². The zero-order valence-corrected chi connectivity index (χ0v) is 15.2. The summed E-state index contributed by atoms with van der Waals surface area (Å²) in [5, 5.41) is 4.21. The fourth-order valence-electron chi connectivity index (χ4n) is 4.11. The summed E-state index contributed by atoms with van der Waals surface area (Å²) in [7, 11) is 3.90. The zero-order valence-electron chi connectivity index (χ0n) is 15.2. The van der Waals surface area contributed by atoms with Gasteiger partial charge in [-0.1, -0.05) is 12.1 Å². The van der Waals surface area contributed by atoms with E-state index in [1.54, 1.807) is 10.9 Å². The normalized spacial score (nSPS) is 24.7. The van der Waals surface area contributed by atoms with Crippen LogP contribution in [0.5, 0.6) is 0 Å². The molecular weight excluding hydrogens is 333 g/mol. The van der Waals surface area contributed by atoms with Crippen LogP contribution >= 0.6 is 0 Å². The third-order valence-corrected chi connectivity index (χ3v) is 5.67. The molecule has 26 heavy (non-hydrogen) atoms.